The minimum absolute atomic E-state index is 0.0503. The fourth-order valence-electron chi connectivity index (χ4n) is 1.48. The third-order valence-corrected chi connectivity index (χ3v) is 3.55. The monoisotopic (exact) mass is 309 g/mol. The molecular formula is C13H12BrNOS. The molecule has 1 aromatic heterocycles. The molecule has 0 saturated heterocycles. The number of aryl methyl sites for hydroxylation is 1. The molecule has 2 rings (SSSR count). The SMILES string of the molecule is O=C(CCc1ccsc1)Nc1cccc(Br)c1. The maximum Gasteiger partial charge on any atom is 0.224 e. The number of carbonyl (C=O) groups excluding carboxylic acids is 1. The Labute approximate surface area is 113 Å². The normalized spacial score (nSPS) is 10.2. The van der Waals surface area contributed by atoms with Crippen LogP contribution in [0, 0.1) is 0 Å². The zero-order valence-electron chi connectivity index (χ0n) is 9.15. The molecule has 0 aliphatic carbocycles. The van der Waals surface area contributed by atoms with E-state index in [0.717, 1.165) is 16.6 Å². The van der Waals surface area contributed by atoms with Gasteiger partial charge >= 0.3 is 0 Å². The van der Waals surface area contributed by atoms with Crippen LogP contribution in [-0.4, -0.2) is 5.91 Å². The van der Waals surface area contributed by atoms with Crippen molar-refractivity contribution in [2.24, 2.45) is 0 Å². The number of amides is 1. The van der Waals surface area contributed by atoms with Gasteiger partial charge in [0.25, 0.3) is 0 Å². The molecule has 0 aliphatic rings. The first kappa shape index (κ1) is 12.3. The first-order valence-electron chi connectivity index (χ1n) is 5.30. The molecule has 1 amide bonds. The first-order chi connectivity index (χ1) is 8.24. The van der Waals surface area contributed by atoms with E-state index in [1.165, 1.54) is 5.56 Å². The van der Waals surface area contributed by atoms with Gasteiger partial charge in [-0.1, -0.05) is 22.0 Å². The Balaban J connectivity index is 1.85. The van der Waals surface area contributed by atoms with E-state index < -0.39 is 0 Å². The largest absolute Gasteiger partial charge is 0.326 e. The lowest BCUT2D eigenvalue weighted by atomic mass is 10.2. The third-order valence-electron chi connectivity index (χ3n) is 2.33. The molecule has 0 bridgehead atoms. The van der Waals surface area contributed by atoms with Crippen LogP contribution in [-0.2, 0) is 11.2 Å². The number of rotatable bonds is 4. The number of carbonyl (C=O) groups is 1. The number of benzene rings is 1. The van der Waals surface area contributed by atoms with Crippen LogP contribution in [0.15, 0.2) is 45.6 Å². The van der Waals surface area contributed by atoms with Crippen molar-refractivity contribution < 1.29 is 4.79 Å². The van der Waals surface area contributed by atoms with Gasteiger partial charge in [-0.25, -0.2) is 0 Å². The van der Waals surface area contributed by atoms with E-state index >= 15 is 0 Å². The van der Waals surface area contributed by atoms with Gasteiger partial charge in [0.15, 0.2) is 0 Å². The number of halogens is 1. The molecule has 88 valence electrons. The molecule has 0 atom stereocenters. The Bertz CT molecular complexity index is 496. The Kier molecular flexibility index (Phi) is 4.34. The van der Waals surface area contributed by atoms with Gasteiger partial charge in [0.1, 0.15) is 0 Å². The van der Waals surface area contributed by atoms with Gasteiger partial charge in [0.2, 0.25) is 5.91 Å². The minimum Gasteiger partial charge on any atom is -0.326 e. The summed E-state index contributed by atoms with van der Waals surface area (Å²) in [5.74, 6) is 0.0503. The number of thiophene rings is 1. The maximum absolute atomic E-state index is 11.7. The summed E-state index contributed by atoms with van der Waals surface area (Å²) < 4.78 is 0.966. The van der Waals surface area contributed by atoms with Gasteiger partial charge in [0, 0.05) is 16.6 Å². The lowest BCUT2D eigenvalue weighted by Crippen LogP contribution is -2.12. The molecule has 17 heavy (non-hydrogen) atoms. The van der Waals surface area contributed by atoms with Gasteiger partial charge in [-0.15, -0.1) is 0 Å². The number of anilines is 1. The average Bonchev–Trinajstić information content (AvgIpc) is 2.79. The van der Waals surface area contributed by atoms with E-state index in [1.54, 1.807) is 11.3 Å². The van der Waals surface area contributed by atoms with Gasteiger partial charge in [0.05, 0.1) is 0 Å². The Morgan fingerprint density at radius 1 is 1.35 bits per heavy atom. The van der Waals surface area contributed by atoms with Gasteiger partial charge in [-0.05, 0) is 47.0 Å². The molecule has 0 saturated carbocycles. The van der Waals surface area contributed by atoms with Crippen LogP contribution >= 0.6 is 27.3 Å². The Morgan fingerprint density at radius 3 is 2.94 bits per heavy atom. The molecular weight excluding hydrogens is 298 g/mol. The summed E-state index contributed by atoms with van der Waals surface area (Å²) in [4.78, 5) is 11.7. The van der Waals surface area contributed by atoms with Crippen LogP contribution in [0.5, 0.6) is 0 Å². The third kappa shape index (κ3) is 3.98. The van der Waals surface area contributed by atoms with Crippen molar-refractivity contribution in [3.05, 3.63) is 51.1 Å². The summed E-state index contributed by atoms with van der Waals surface area (Å²) >= 11 is 5.03. The van der Waals surface area contributed by atoms with Crippen molar-refractivity contribution in [2.45, 2.75) is 12.8 Å². The lowest BCUT2D eigenvalue weighted by Gasteiger charge is -2.04. The van der Waals surface area contributed by atoms with Gasteiger partial charge in [-0.2, -0.15) is 11.3 Å². The van der Waals surface area contributed by atoms with Crippen molar-refractivity contribution >= 4 is 38.9 Å². The van der Waals surface area contributed by atoms with Crippen molar-refractivity contribution in [1.82, 2.24) is 0 Å². The van der Waals surface area contributed by atoms with E-state index in [0.29, 0.717) is 6.42 Å². The molecule has 4 heteroatoms. The van der Waals surface area contributed by atoms with E-state index in [9.17, 15) is 4.79 Å². The van der Waals surface area contributed by atoms with E-state index in [4.69, 9.17) is 0 Å². The number of hydrogen-bond acceptors (Lipinski definition) is 2. The topological polar surface area (TPSA) is 29.1 Å². The van der Waals surface area contributed by atoms with Crippen LogP contribution in [0.1, 0.15) is 12.0 Å². The van der Waals surface area contributed by atoms with E-state index in [2.05, 4.69) is 32.7 Å². The fourth-order valence-corrected chi connectivity index (χ4v) is 2.58. The Morgan fingerprint density at radius 2 is 2.24 bits per heavy atom. The molecule has 0 radical (unpaired) electrons. The lowest BCUT2D eigenvalue weighted by molar-refractivity contribution is -0.116. The van der Waals surface area contributed by atoms with Crippen molar-refractivity contribution in [1.29, 1.82) is 0 Å². The predicted molar refractivity (Wildman–Crippen MR) is 75.4 cm³/mol. The number of hydrogen-bond donors (Lipinski definition) is 1. The highest BCUT2D eigenvalue weighted by molar-refractivity contribution is 9.10. The van der Waals surface area contributed by atoms with E-state index in [-0.39, 0.29) is 5.91 Å². The fraction of sp³-hybridized carbons (Fsp3) is 0.154. The van der Waals surface area contributed by atoms with Crippen LogP contribution in [0.4, 0.5) is 5.69 Å². The second kappa shape index (κ2) is 5.98. The number of nitrogens with one attached hydrogen (secondary N) is 1. The second-order valence-electron chi connectivity index (χ2n) is 3.69. The van der Waals surface area contributed by atoms with Crippen molar-refractivity contribution in [3.8, 4) is 0 Å². The van der Waals surface area contributed by atoms with Crippen LogP contribution in [0.3, 0.4) is 0 Å². The van der Waals surface area contributed by atoms with Crippen LogP contribution < -0.4 is 5.32 Å². The highest BCUT2D eigenvalue weighted by Crippen LogP contribution is 2.16. The standard InChI is InChI=1S/C13H12BrNOS/c14-11-2-1-3-12(8-11)15-13(16)5-4-10-6-7-17-9-10/h1-3,6-9H,4-5H2,(H,15,16). The molecule has 1 aromatic carbocycles. The van der Waals surface area contributed by atoms with Gasteiger partial charge < -0.3 is 5.32 Å². The molecule has 1 heterocycles. The molecule has 2 aromatic rings. The smallest absolute Gasteiger partial charge is 0.224 e. The molecule has 0 aliphatic heterocycles. The Hall–Kier alpha value is -1.13. The highest BCUT2D eigenvalue weighted by Gasteiger charge is 2.03. The van der Waals surface area contributed by atoms with Crippen LogP contribution in [0.25, 0.3) is 0 Å². The first-order valence-corrected chi connectivity index (χ1v) is 7.04. The zero-order chi connectivity index (χ0) is 12.1. The second-order valence-corrected chi connectivity index (χ2v) is 5.39. The average molecular weight is 310 g/mol. The minimum atomic E-state index is 0.0503. The summed E-state index contributed by atoms with van der Waals surface area (Å²) in [5, 5.41) is 6.98. The molecule has 1 N–H and O–H groups in total. The highest BCUT2D eigenvalue weighted by atomic mass is 79.9. The maximum atomic E-state index is 11.7. The molecule has 0 unspecified atom stereocenters. The summed E-state index contributed by atoms with van der Waals surface area (Å²) in [6.45, 7) is 0. The van der Waals surface area contributed by atoms with E-state index in [1.807, 2.05) is 29.6 Å². The molecule has 0 fully saturated rings. The zero-order valence-corrected chi connectivity index (χ0v) is 11.6. The van der Waals surface area contributed by atoms with Crippen molar-refractivity contribution in [3.63, 3.8) is 0 Å². The summed E-state index contributed by atoms with van der Waals surface area (Å²) in [6.07, 6.45) is 1.31. The summed E-state index contributed by atoms with van der Waals surface area (Å²) in [6, 6.07) is 9.66. The summed E-state index contributed by atoms with van der Waals surface area (Å²) in [5.41, 5.74) is 2.05. The predicted octanol–water partition coefficient (Wildman–Crippen LogP) is 4.08. The molecule has 0 spiro atoms. The van der Waals surface area contributed by atoms with Gasteiger partial charge in [-0.3, -0.25) is 4.79 Å². The summed E-state index contributed by atoms with van der Waals surface area (Å²) in [7, 11) is 0. The van der Waals surface area contributed by atoms with Crippen LogP contribution in [0.2, 0.25) is 0 Å². The quantitative estimate of drug-likeness (QED) is 0.906. The molecule has 2 nitrogen and oxygen atoms in total. The van der Waals surface area contributed by atoms with Crippen molar-refractivity contribution in [2.75, 3.05) is 5.32 Å².